The number of carbonyl (C=O) groups is 2. The topological polar surface area (TPSA) is 56.3 Å². The van der Waals surface area contributed by atoms with Gasteiger partial charge in [0.25, 0.3) is 0 Å². The molecule has 3 aromatic carbocycles. The molecule has 0 aliphatic rings. The van der Waals surface area contributed by atoms with Crippen molar-refractivity contribution in [3.63, 3.8) is 0 Å². The molecule has 0 amide bonds. The van der Waals surface area contributed by atoms with Crippen LogP contribution < -0.4 is 0 Å². The third-order valence-electron chi connectivity index (χ3n) is 4.58. The number of aromatic nitrogens is 1. The number of carbonyl (C=O) groups excluding carboxylic acids is 2. The number of pyridine rings is 1. The number of esters is 1. The smallest absolute Gasteiger partial charge is 0.339 e. The second-order valence-corrected chi connectivity index (χ2v) is 7.02. The minimum Gasteiger partial charge on any atom is -0.454 e. The van der Waals surface area contributed by atoms with Crippen LogP contribution in [0.2, 0.25) is 5.02 Å². The number of hydrogen-bond acceptors (Lipinski definition) is 4. The highest BCUT2D eigenvalue weighted by Gasteiger charge is 2.17. The lowest BCUT2D eigenvalue weighted by atomic mass is 10.0. The summed E-state index contributed by atoms with van der Waals surface area (Å²) in [4.78, 5) is 29.7. The Bertz CT molecular complexity index is 1240. The Hall–Kier alpha value is -3.57. The number of halogens is 2. The van der Waals surface area contributed by atoms with Gasteiger partial charge in [0.05, 0.1) is 16.8 Å². The lowest BCUT2D eigenvalue weighted by Gasteiger charge is -2.10. The molecule has 0 fully saturated rings. The molecule has 0 spiro atoms. The van der Waals surface area contributed by atoms with Crippen molar-refractivity contribution in [2.75, 3.05) is 6.61 Å². The van der Waals surface area contributed by atoms with Crippen LogP contribution in [-0.4, -0.2) is 23.3 Å². The van der Waals surface area contributed by atoms with Gasteiger partial charge in [-0.2, -0.15) is 0 Å². The lowest BCUT2D eigenvalue weighted by Crippen LogP contribution is -2.15. The first-order valence-electron chi connectivity index (χ1n) is 9.13. The first kappa shape index (κ1) is 19.7. The van der Waals surface area contributed by atoms with Crippen LogP contribution in [0.5, 0.6) is 0 Å². The predicted octanol–water partition coefficient (Wildman–Crippen LogP) is 5.73. The van der Waals surface area contributed by atoms with Gasteiger partial charge in [0.15, 0.2) is 12.4 Å². The van der Waals surface area contributed by atoms with Gasteiger partial charge in [-0.15, -0.1) is 0 Å². The second-order valence-electron chi connectivity index (χ2n) is 6.59. The summed E-state index contributed by atoms with van der Waals surface area (Å²) in [6, 6.07) is 21.0. The van der Waals surface area contributed by atoms with Crippen LogP contribution in [0.25, 0.3) is 22.2 Å². The van der Waals surface area contributed by atoms with Crippen LogP contribution in [0.15, 0.2) is 78.9 Å². The van der Waals surface area contributed by atoms with Gasteiger partial charge >= 0.3 is 5.97 Å². The standard InChI is InChI=1S/C24H15ClFNO3/c25-17-9-5-15(6-10-17)22-13-20(19-3-1-2-4-21(19)27-22)24(29)30-14-23(28)16-7-11-18(26)12-8-16/h1-13H,14H2. The number of para-hydroxylation sites is 1. The molecule has 0 atom stereocenters. The maximum absolute atomic E-state index is 13.0. The van der Waals surface area contributed by atoms with Gasteiger partial charge in [-0.05, 0) is 48.5 Å². The fourth-order valence-corrected chi connectivity index (χ4v) is 3.17. The van der Waals surface area contributed by atoms with E-state index in [2.05, 4.69) is 4.98 Å². The molecular formula is C24H15ClFNO3. The maximum Gasteiger partial charge on any atom is 0.339 e. The van der Waals surface area contributed by atoms with Crippen molar-refractivity contribution in [1.82, 2.24) is 4.98 Å². The summed E-state index contributed by atoms with van der Waals surface area (Å²) in [6.45, 7) is -0.447. The minimum atomic E-state index is -0.640. The molecule has 0 N–H and O–H groups in total. The molecule has 0 unspecified atom stereocenters. The van der Waals surface area contributed by atoms with E-state index >= 15 is 0 Å². The van der Waals surface area contributed by atoms with Crippen LogP contribution in [-0.2, 0) is 4.74 Å². The van der Waals surface area contributed by atoms with Crippen LogP contribution >= 0.6 is 11.6 Å². The van der Waals surface area contributed by atoms with Gasteiger partial charge < -0.3 is 4.74 Å². The van der Waals surface area contributed by atoms with Crippen LogP contribution in [0.1, 0.15) is 20.7 Å². The molecule has 1 aromatic heterocycles. The SMILES string of the molecule is O=C(COC(=O)c1cc(-c2ccc(Cl)cc2)nc2ccccc12)c1ccc(F)cc1. The summed E-state index contributed by atoms with van der Waals surface area (Å²) in [7, 11) is 0. The van der Waals surface area contributed by atoms with Crippen molar-refractivity contribution in [2.24, 2.45) is 0 Å². The summed E-state index contributed by atoms with van der Waals surface area (Å²) < 4.78 is 18.3. The van der Waals surface area contributed by atoms with E-state index in [-0.39, 0.29) is 5.56 Å². The zero-order chi connectivity index (χ0) is 21.1. The molecule has 0 aliphatic heterocycles. The van der Waals surface area contributed by atoms with Crippen LogP contribution in [0, 0.1) is 5.82 Å². The van der Waals surface area contributed by atoms with Gasteiger partial charge in [0.1, 0.15) is 5.82 Å². The summed E-state index contributed by atoms with van der Waals surface area (Å²) in [6.07, 6.45) is 0. The fraction of sp³-hybridized carbons (Fsp3) is 0.0417. The molecule has 148 valence electrons. The number of hydrogen-bond donors (Lipinski definition) is 0. The largest absolute Gasteiger partial charge is 0.454 e. The average Bonchev–Trinajstić information content (AvgIpc) is 2.77. The van der Waals surface area contributed by atoms with Crippen molar-refractivity contribution in [2.45, 2.75) is 0 Å². The molecule has 0 saturated carbocycles. The van der Waals surface area contributed by atoms with Crippen molar-refractivity contribution in [3.8, 4) is 11.3 Å². The highest BCUT2D eigenvalue weighted by molar-refractivity contribution is 6.30. The number of ether oxygens (including phenoxy) is 1. The molecule has 1 heterocycles. The Kier molecular flexibility index (Phi) is 5.55. The zero-order valence-electron chi connectivity index (χ0n) is 15.6. The molecule has 30 heavy (non-hydrogen) atoms. The van der Waals surface area contributed by atoms with Gasteiger partial charge in [0.2, 0.25) is 0 Å². The van der Waals surface area contributed by atoms with E-state index in [1.807, 2.05) is 18.2 Å². The van der Waals surface area contributed by atoms with E-state index in [4.69, 9.17) is 16.3 Å². The molecule has 4 rings (SSSR count). The summed E-state index contributed by atoms with van der Waals surface area (Å²) in [5.74, 6) is -1.50. The Morgan fingerprint density at radius 3 is 2.37 bits per heavy atom. The number of benzene rings is 3. The summed E-state index contributed by atoms with van der Waals surface area (Å²) in [5.41, 5.74) is 2.58. The molecule has 0 radical (unpaired) electrons. The lowest BCUT2D eigenvalue weighted by molar-refractivity contribution is 0.0476. The molecule has 4 aromatic rings. The number of Topliss-reactive ketones (excluding diaryl/α,β-unsaturated/α-hetero) is 1. The average molecular weight is 420 g/mol. The van der Waals surface area contributed by atoms with E-state index in [0.717, 1.165) is 5.56 Å². The number of rotatable bonds is 5. The Morgan fingerprint density at radius 1 is 0.933 bits per heavy atom. The van der Waals surface area contributed by atoms with Gasteiger partial charge in [-0.3, -0.25) is 4.79 Å². The van der Waals surface area contributed by atoms with Gasteiger partial charge in [0, 0.05) is 21.5 Å². The van der Waals surface area contributed by atoms with E-state index in [1.54, 1.807) is 36.4 Å². The normalized spacial score (nSPS) is 10.7. The quantitative estimate of drug-likeness (QED) is 0.306. The Labute approximate surface area is 176 Å². The van der Waals surface area contributed by atoms with Crippen molar-refractivity contribution in [3.05, 3.63) is 101 Å². The maximum atomic E-state index is 13.0. The molecule has 0 bridgehead atoms. The Morgan fingerprint density at radius 2 is 1.63 bits per heavy atom. The fourth-order valence-electron chi connectivity index (χ4n) is 3.04. The zero-order valence-corrected chi connectivity index (χ0v) is 16.4. The first-order valence-corrected chi connectivity index (χ1v) is 9.51. The highest BCUT2D eigenvalue weighted by atomic mass is 35.5. The molecule has 0 aliphatic carbocycles. The second kappa shape index (κ2) is 8.43. The van der Waals surface area contributed by atoms with Gasteiger partial charge in [-0.25, -0.2) is 14.2 Å². The van der Waals surface area contributed by atoms with Crippen molar-refractivity contribution < 1.29 is 18.7 Å². The number of ketones is 1. The third-order valence-corrected chi connectivity index (χ3v) is 4.83. The van der Waals surface area contributed by atoms with E-state index in [1.165, 1.54) is 24.3 Å². The van der Waals surface area contributed by atoms with Crippen molar-refractivity contribution in [1.29, 1.82) is 0 Å². The van der Waals surface area contributed by atoms with E-state index in [9.17, 15) is 14.0 Å². The molecule has 0 saturated heterocycles. The van der Waals surface area contributed by atoms with E-state index < -0.39 is 24.2 Å². The molecular weight excluding hydrogens is 405 g/mol. The highest BCUT2D eigenvalue weighted by Crippen LogP contribution is 2.26. The molecule has 4 nitrogen and oxygen atoms in total. The third kappa shape index (κ3) is 4.21. The summed E-state index contributed by atoms with van der Waals surface area (Å²) in [5, 5.41) is 1.22. The van der Waals surface area contributed by atoms with Crippen LogP contribution in [0.4, 0.5) is 4.39 Å². The minimum absolute atomic E-state index is 0.269. The monoisotopic (exact) mass is 419 g/mol. The number of fused-ring (bicyclic) bond motifs is 1. The van der Waals surface area contributed by atoms with E-state index in [0.29, 0.717) is 27.2 Å². The summed E-state index contributed by atoms with van der Waals surface area (Å²) >= 11 is 5.96. The van der Waals surface area contributed by atoms with Crippen LogP contribution in [0.3, 0.4) is 0 Å². The predicted molar refractivity (Wildman–Crippen MR) is 113 cm³/mol. The first-order chi connectivity index (χ1) is 14.5. The Balaban J connectivity index is 1.63. The van der Waals surface area contributed by atoms with Crippen molar-refractivity contribution >= 4 is 34.3 Å². The number of nitrogens with zero attached hydrogens (tertiary/aromatic N) is 1. The molecule has 6 heteroatoms. The van der Waals surface area contributed by atoms with Gasteiger partial charge in [-0.1, -0.05) is 41.9 Å².